The number of hydrogen-bond acceptors (Lipinski definition) is 4. The molecule has 0 unspecified atom stereocenters. The summed E-state index contributed by atoms with van der Waals surface area (Å²) < 4.78 is 4.78. The highest BCUT2D eigenvalue weighted by atomic mass is 35.5. The number of nitrogens with zero attached hydrogens (tertiary/aromatic N) is 1. The van der Waals surface area contributed by atoms with Crippen LogP contribution < -0.4 is 16.2 Å². The van der Waals surface area contributed by atoms with Crippen molar-refractivity contribution in [2.45, 2.75) is 6.92 Å². The zero-order valence-corrected chi connectivity index (χ0v) is 12.2. The van der Waals surface area contributed by atoms with Crippen LogP contribution >= 0.6 is 23.2 Å². The topological polar surface area (TPSA) is 96.3 Å². The van der Waals surface area contributed by atoms with Crippen LogP contribution in [0.3, 0.4) is 0 Å². The summed E-state index contributed by atoms with van der Waals surface area (Å²) in [7, 11) is 0. The maximum Gasteiger partial charge on any atom is 0.339 e. The van der Waals surface area contributed by atoms with Crippen LogP contribution in [0.2, 0.25) is 10.0 Å². The van der Waals surface area contributed by atoms with E-state index >= 15 is 0 Å². The molecule has 0 aliphatic carbocycles. The van der Waals surface area contributed by atoms with Crippen LogP contribution in [0.25, 0.3) is 0 Å². The molecule has 7 nitrogen and oxygen atoms in total. The Labute approximate surface area is 129 Å². The molecule has 3 amide bonds. The lowest BCUT2D eigenvalue weighted by Crippen LogP contribution is -2.44. The maximum atomic E-state index is 11.8. The molecule has 2 aromatic rings. The molecule has 3 N–H and O–H groups in total. The highest BCUT2D eigenvalue weighted by Gasteiger charge is 2.12. The van der Waals surface area contributed by atoms with Gasteiger partial charge in [0.25, 0.3) is 5.91 Å². The zero-order chi connectivity index (χ0) is 15.4. The number of amides is 3. The zero-order valence-electron chi connectivity index (χ0n) is 10.7. The second-order valence-corrected chi connectivity index (χ2v) is 4.82. The van der Waals surface area contributed by atoms with E-state index in [4.69, 9.17) is 27.7 Å². The number of rotatable bonds is 2. The molecule has 0 aliphatic rings. The van der Waals surface area contributed by atoms with Crippen molar-refractivity contribution in [2.75, 3.05) is 5.32 Å². The molecule has 0 fully saturated rings. The number of urea groups is 1. The molecule has 2 rings (SSSR count). The van der Waals surface area contributed by atoms with E-state index in [-0.39, 0.29) is 16.4 Å². The smallest absolute Gasteiger partial charge is 0.339 e. The first-order valence-corrected chi connectivity index (χ1v) is 6.47. The van der Waals surface area contributed by atoms with Gasteiger partial charge in [-0.25, -0.2) is 10.2 Å². The van der Waals surface area contributed by atoms with E-state index in [9.17, 15) is 9.59 Å². The monoisotopic (exact) mass is 328 g/mol. The van der Waals surface area contributed by atoms with Gasteiger partial charge in [-0.1, -0.05) is 28.4 Å². The van der Waals surface area contributed by atoms with E-state index in [0.29, 0.717) is 10.8 Å². The Hall–Kier alpha value is -2.25. The molecule has 1 aromatic heterocycles. The normalized spacial score (nSPS) is 10.0. The van der Waals surface area contributed by atoms with Crippen molar-refractivity contribution >= 4 is 41.0 Å². The maximum absolute atomic E-state index is 11.8. The van der Waals surface area contributed by atoms with Gasteiger partial charge >= 0.3 is 6.03 Å². The van der Waals surface area contributed by atoms with Crippen molar-refractivity contribution in [2.24, 2.45) is 0 Å². The van der Waals surface area contributed by atoms with Crippen LogP contribution in [0.5, 0.6) is 0 Å². The van der Waals surface area contributed by atoms with Crippen molar-refractivity contribution in [3.05, 3.63) is 45.6 Å². The van der Waals surface area contributed by atoms with Gasteiger partial charge < -0.3 is 4.52 Å². The molecule has 9 heteroatoms. The minimum atomic E-state index is -0.685. The Balaban J connectivity index is 1.91. The van der Waals surface area contributed by atoms with Gasteiger partial charge in [0.2, 0.25) is 0 Å². The van der Waals surface area contributed by atoms with Crippen LogP contribution in [0.1, 0.15) is 16.1 Å². The molecule has 0 radical (unpaired) electrons. The summed E-state index contributed by atoms with van der Waals surface area (Å²) in [4.78, 5) is 23.4. The molecule has 21 heavy (non-hydrogen) atoms. The number of hydrazine groups is 1. The lowest BCUT2D eigenvalue weighted by molar-refractivity contribution is 0.0938. The van der Waals surface area contributed by atoms with E-state index in [1.807, 2.05) is 0 Å². The number of hydrogen-bond donors (Lipinski definition) is 3. The quantitative estimate of drug-likeness (QED) is 0.738. The minimum absolute atomic E-state index is 0.141. The van der Waals surface area contributed by atoms with Crippen LogP contribution in [0.15, 0.2) is 28.8 Å². The first-order valence-electron chi connectivity index (χ1n) is 5.71. The van der Waals surface area contributed by atoms with Crippen LogP contribution in [-0.4, -0.2) is 17.1 Å². The lowest BCUT2D eigenvalue weighted by Gasteiger charge is -2.08. The van der Waals surface area contributed by atoms with E-state index < -0.39 is 11.9 Å². The van der Waals surface area contributed by atoms with E-state index in [0.717, 1.165) is 0 Å². The molecular formula is C12H10Cl2N4O3. The number of anilines is 1. The highest BCUT2D eigenvalue weighted by Crippen LogP contribution is 2.20. The number of benzene rings is 1. The first-order chi connectivity index (χ1) is 9.95. The fraction of sp³-hybridized carbons (Fsp3) is 0.0833. The third-order valence-corrected chi connectivity index (χ3v) is 2.90. The van der Waals surface area contributed by atoms with E-state index in [2.05, 4.69) is 21.3 Å². The minimum Gasteiger partial charge on any atom is -0.360 e. The van der Waals surface area contributed by atoms with Gasteiger partial charge in [0.15, 0.2) is 5.82 Å². The first kappa shape index (κ1) is 15.1. The lowest BCUT2D eigenvalue weighted by atomic mass is 10.2. The van der Waals surface area contributed by atoms with Crippen molar-refractivity contribution in [1.82, 2.24) is 16.0 Å². The third-order valence-electron chi connectivity index (χ3n) is 2.33. The molecule has 0 saturated carbocycles. The summed E-state index contributed by atoms with van der Waals surface area (Å²) in [5.41, 5.74) is 4.48. The van der Waals surface area contributed by atoms with Gasteiger partial charge in [-0.2, -0.15) is 0 Å². The Bertz CT molecular complexity index is 687. The summed E-state index contributed by atoms with van der Waals surface area (Å²) >= 11 is 11.6. The average Bonchev–Trinajstić information content (AvgIpc) is 2.84. The molecule has 0 saturated heterocycles. The van der Waals surface area contributed by atoms with Gasteiger partial charge in [0, 0.05) is 11.1 Å². The van der Waals surface area contributed by atoms with Gasteiger partial charge in [-0.05, 0) is 25.1 Å². The van der Waals surface area contributed by atoms with E-state index in [1.54, 1.807) is 13.0 Å². The summed E-state index contributed by atoms with van der Waals surface area (Å²) in [5.74, 6) is 0.161. The van der Waals surface area contributed by atoms with E-state index in [1.165, 1.54) is 18.2 Å². The number of aryl methyl sites for hydroxylation is 1. The third kappa shape index (κ3) is 4.11. The van der Waals surface area contributed by atoms with Crippen molar-refractivity contribution < 1.29 is 14.1 Å². The molecule has 1 heterocycles. The number of carbonyl (C=O) groups is 2. The number of aromatic nitrogens is 1. The van der Waals surface area contributed by atoms with Gasteiger partial charge in [0.05, 0.1) is 10.6 Å². The molecule has 0 aliphatic heterocycles. The van der Waals surface area contributed by atoms with Crippen LogP contribution in [0.4, 0.5) is 10.6 Å². The summed E-state index contributed by atoms with van der Waals surface area (Å²) in [6.45, 7) is 1.68. The summed E-state index contributed by atoms with van der Waals surface area (Å²) in [6.07, 6.45) is 0. The number of carbonyl (C=O) groups excluding carboxylic acids is 2. The SMILES string of the molecule is Cc1cc(NC(=O)NNC(=O)c2cc(Cl)ccc2Cl)no1. The molecule has 0 atom stereocenters. The van der Waals surface area contributed by atoms with Gasteiger partial charge in [-0.3, -0.25) is 15.5 Å². The Morgan fingerprint density at radius 3 is 2.62 bits per heavy atom. The fourth-order valence-electron chi connectivity index (χ4n) is 1.43. The molecule has 1 aromatic carbocycles. The second kappa shape index (κ2) is 6.47. The molecular weight excluding hydrogens is 319 g/mol. The molecule has 0 bridgehead atoms. The van der Waals surface area contributed by atoms with Crippen LogP contribution in [-0.2, 0) is 0 Å². The van der Waals surface area contributed by atoms with Crippen molar-refractivity contribution in [3.63, 3.8) is 0 Å². The summed E-state index contributed by atoms with van der Waals surface area (Å²) in [6, 6.07) is 5.26. The van der Waals surface area contributed by atoms with Gasteiger partial charge in [-0.15, -0.1) is 0 Å². The summed E-state index contributed by atoms with van der Waals surface area (Å²) in [5, 5.41) is 6.50. The fourth-order valence-corrected chi connectivity index (χ4v) is 1.80. The second-order valence-electron chi connectivity index (χ2n) is 3.98. The Kier molecular flexibility index (Phi) is 4.66. The predicted octanol–water partition coefficient (Wildman–Crippen LogP) is 2.76. The van der Waals surface area contributed by atoms with Crippen molar-refractivity contribution in [1.29, 1.82) is 0 Å². The van der Waals surface area contributed by atoms with Crippen molar-refractivity contribution in [3.8, 4) is 0 Å². The number of nitrogens with one attached hydrogen (secondary N) is 3. The molecule has 110 valence electrons. The highest BCUT2D eigenvalue weighted by molar-refractivity contribution is 6.35. The van der Waals surface area contributed by atoms with Gasteiger partial charge in [0.1, 0.15) is 5.76 Å². The Morgan fingerprint density at radius 1 is 1.19 bits per heavy atom. The number of halogens is 2. The van der Waals surface area contributed by atoms with Crippen LogP contribution in [0, 0.1) is 6.92 Å². The largest absolute Gasteiger partial charge is 0.360 e. The predicted molar refractivity (Wildman–Crippen MR) is 77.3 cm³/mol. The molecule has 0 spiro atoms. The average molecular weight is 329 g/mol. The Morgan fingerprint density at radius 2 is 1.95 bits per heavy atom. The standard InChI is InChI=1S/C12H10Cl2N4O3/c1-6-4-10(18-21-6)15-12(20)17-16-11(19)8-5-7(13)2-3-9(8)14/h2-5H,1H3,(H,16,19)(H2,15,17,18,20).